The van der Waals surface area contributed by atoms with Crippen molar-refractivity contribution in [3.05, 3.63) is 133 Å². The standard InChI is InChI=1S/C38H28O2.CH2Cl2/c1-39-26-20-21-34(35(24-26)28-15-7-6-14-27(28)25-12-4-3-5-13-25)38-36(40-2)23-22-33-31-18-9-8-16-29(31)30-17-10-11-19-32(30)37(33)38;2-1-3/h3-24H,1-2H3;1H2. The number of hydrogen-bond donors (Lipinski definition) is 0. The second-order valence-electron chi connectivity index (χ2n) is 10.1. The van der Waals surface area contributed by atoms with Crippen molar-refractivity contribution in [3.8, 4) is 44.9 Å². The van der Waals surface area contributed by atoms with Crippen molar-refractivity contribution in [1.82, 2.24) is 0 Å². The lowest BCUT2D eigenvalue weighted by molar-refractivity contribution is 0.414. The molecule has 7 aromatic carbocycles. The largest absolute Gasteiger partial charge is 0.497 e. The molecule has 0 aliphatic carbocycles. The Bertz CT molecular complexity index is 2020. The van der Waals surface area contributed by atoms with Gasteiger partial charge in [0.05, 0.1) is 19.6 Å². The lowest BCUT2D eigenvalue weighted by atomic mass is 9.85. The zero-order chi connectivity index (χ0) is 29.8. The maximum Gasteiger partial charge on any atom is 0.127 e. The third-order valence-electron chi connectivity index (χ3n) is 7.89. The van der Waals surface area contributed by atoms with E-state index < -0.39 is 0 Å². The predicted octanol–water partition coefficient (Wildman–Crippen LogP) is 11.6. The fourth-order valence-electron chi connectivity index (χ4n) is 6.09. The number of benzene rings is 7. The summed E-state index contributed by atoms with van der Waals surface area (Å²) in [4.78, 5) is 0. The molecule has 0 amide bonds. The van der Waals surface area contributed by atoms with Crippen molar-refractivity contribution in [2.24, 2.45) is 0 Å². The van der Waals surface area contributed by atoms with Gasteiger partial charge in [0, 0.05) is 10.9 Å². The molecule has 0 saturated heterocycles. The summed E-state index contributed by atoms with van der Waals surface area (Å²) in [6.07, 6.45) is 0. The topological polar surface area (TPSA) is 18.5 Å². The molecule has 0 radical (unpaired) electrons. The molecule has 7 rings (SSSR count). The Kier molecular flexibility index (Phi) is 8.51. The summed E-state index contributed by atoms with van der Waals surface area (Å²) in [5.41, 5.74) is 6.78. The van der Waals surface area contributed by atoms with Crippen molar-refractivity contribution in [1.29, 1.82) is 0 Å². The lowest BCUT2D eigenvalue weighted by Gasteiger charge is -2.21. The third kappa shape index (κ3) is 5.29. The van der Waals surface area contributed by atoms with E-state index in [9.17, 15) is 0 Å². The van der Waals surface area contributed by atoms with Gasteiger partial charge in [-0.1, -0.05) is 109 Å². The van der Waals surface area contributed by atoms with Crippen LogP contribution in [-0.4, -0.2) is 19.6 Å². The lowest BCUT2D eigenvalue weighted by Crippen LogP contribution is -1.96. The van der Waals surface area contributed by atoms with E-state index in [1.807, 2.05) is 6.07 Å². The summed E-state index contributed by atoms with van der Waals surface area (Å²) in [6, 6.07) is 47.2. The molecule has 0 atom stereocenters. The van der Waals surface area contributed by atoms with Crippen molar-refractivity contribution in [2.75, 3.05) is 19.6 Å². The minimum atomic E-state index is 0.194. The Morgan fingerprint density at radius 2 is 1.00 bits per heavy atom. The van der Waals surface area contributed by atoms with E-state index in [4.69, 9.17) is 32.7 Å². The van der Waals surface area contributed by atoms with Crippen LogP contribution < -0.4 is 9.47 Å². The Morgan fingerprint density at radius 1 is 0.465 bits per heavy atom. The van der Waals surface area contributed by atoms with Gasteiger partial charge in [-0.2, -0.15) is 0 Å². The molecule has 0 heterocycles. The number of alkyl halides is 2. The summed E-state index contributed by atoms with van der Waals surface area (Å²) in [6.45, 7) is 0. The van der Waals surface area contributed by atoms with E-state index in [2.05, 4.69) is 127 Å². The molecule has 212 valence electrons. The highest BCUT2D eigenvalue weighted by atomic mass is 35.5. The molecule has 0 aliphatic rings. The van der Waals surface area contributed by atoms with E-state index in [1.54, 1.807) is 14.2 Å². The summed E-state index contributed by atoms with van der Waals surface area (Å²) in [5.74, 6) is 1.66. The van der Waals surface area contributed by atoms with E-state index in [1.165, 1.54) is 43.4 Å². The van der Waals surface area contributed by atoms with Gasteiger partial charge in [-0.15, -0.1) is 23.2 Å². The summed E-state index contributed by atoms with van der Waals surface area (Å²) in [5, 5.41) is 7.54. The van der Waals surface area contributed by atoms with Gasteiger partial charge in [0.2, 0.25) is 0 Å². The van der Waals surface area contributed by atoms with Gasteiger partial charge in [0.15, 0.2) is 0 Å². The molecular weight excluding hydrogens is 571 g/mol. The van der Waals surface area contributed by atoms with E-state index in [0.717, 1.165) is 33.8 Å². The molecule has 0 saturated carbocycles. The van der Waals surface area contributed by atoms with Gasteiger partial charge in [-0.25, -0.2) is 0 Å². The van der Waals surface area contributed by atoms with Crippen LogP contribution in [-0.2, 0) is 0 Å². The zero-order valence-electron chi connectivity index (χ0n) is 24.0. The van der Waals surface area contributed by atoms with Crippen LogP contribution in [0.3, 0.4) is 0 Å². The highest BCUT2D eigenvalue weighted by Gasteiger charge is 2.21. The van der Waals surface area contributed by atoms with Crippen LogP contribution in [0.1, 0.15) is 0 Å². The molecule has 0 aliphatic heterocycles. The van der Waals surface area contributed by atoms with Crippen molar-refractivity contribution in [2.45, 2.75) is 0 Å². The predicted molar refractivity (Wildman–Crippen MR) is 185 cm³/mol. The maximum atomic E-state index is 6.10. The summed E-state index contributed by atoms with van der Waals surface area (Å²) in [7, 11) is 3.48. The average molecular weight is 602 g/mol. The van der Waals surface area contributed by atoms with E-state index in [0.29, 0.717) is 0 Å². The minimum Gasteiger partial charge on any atom is -0.497 e. The van der Waals surface area contributed by atoms with Crippen molar-refractivity contribution >= 4 is 55.5 Å². The molecule has 2 nitrogen and oxygen atoms in total. The van der Waals surface area contributed by atoms with Crippen LogP contribution >= 0.6 is 23.2 Å². The highest BCUT2D eigenvalue weighted by molar-refractivity contribution is 6.40. The molecule has 4 heteroatoms. The van der Waals surface area contributed by atoms with Crippen molar-refractivity contribution < 1.29 is 9.47 Å². The Morgan fingerprint density at radius 3 is 1.63 bits per heavy atom. The van der Waals surface area contributed by atoms with E-state index >= 15 is 0 Å². The number of hydrogen-bond acceptors (Lipinski definition) is 2. The molecule has 0 N–H and O–H groups in total. The van der Waals surface area contributed by atoms with Gasteiger partial charge in [-0.05, 0) is 79.0 Å². The molecule has 0 spiro atoms. The molecule has 0 aromatic heterocycles. The number of fused-ring (bicyclic) bond motifs is 6. The number of ether oxygens (including phenoxy) is 2. The minimum absolute atomic E-state index is 0.194. The smallest absolute Gasteiger partial charge is 0.127 e. The summed E-state index contributed by atoms with van der Waals surface area (Å²) >= 11 is 9.53. The first-order chi connectivity index (χ1) is 21.2. The SMILES string of the molecule is COc1ccc(-c2c(OC)ccc3c4ccccc4c4ccccc4c23)c(-c2ccccc2-c2ccccc2)c1.ClCCl. The van der Waals surface area contributed by atoms with Crippen LogP contribution in [0.4, 0.5) is 0 Å². The first kappa shape index (κ1) is 28.6. The molecule has 0 bridgehead atoms. The van der Waals surface area contributed by atoms with Crippen LogP contribution in [0, 0.1) is 0 Å². The molecule has 43 heavy (non-hydrogen) atoms. The van der Waals surface area contributed by atoms with Crippen LogP contribution in [0.5, 0.6) is 11.5 Å². The first-order valence-electron chi connectivity index (χ1n) is 14.1. The van der Waals surface area contributed by atoms with Gasteiger partial charge in [-0.3, -0.25) is 0 Å². The summed E-state index contributed by atoms with van der Waals surface area (Å²) < 4.78 is 11.9. The molecular formula is C39H30Cl2O2. The van der Waals surface area contributed by atoms with E-state index in [-0.39, 0.29) is 5.34 Å². The third-order valence-corrected chi connectivity index (χ3v) is 7.89. The molecule has 0 unspecified atom stereocenters. The van der Waals surface area contributed by atoms with Crippen LogP contribution in [0.25, 0.3) is 65.7 Å². The molecule has 7 aromatic rings. The Labute approximate surface area is 262 Å². The zero-order valence-corrected chi connectivity index (χ0v) is 25.5. The average Bonchev–Trinajstić information content (AvgIpc) is 3.08. The number of halogens is 2. The quantitative estimate of drug-likeness (QED) is 0.144. The highest BCUT2D eigenvalue weighted by Crippen LogP contribution is 2.48. The first-order valence-corrected chi connectivity index (χ1v) is 15.1. The maximum absolute atomic E-state index is 6.10. The fourth-order valence-corrected chi connectivity index (χ4v) is 6.09. The Hall–Kier alpha value is -4.50. The fraction of sp³-hybridized carbons (Fsp3) is 0.0769. The Balaban J connectivity index is 0.00000105. The second-order valence-corrected chi connectivity index (χ2v) is 10.9. The van der Waals surface area contributed by atoms with Crippen LogP contribution in [0.2, 0.25) is 0 Å². The number of rotatable bonds is 5. The second kappa shape index (κ2) is 12.8. The van der Waals surface area contributed by atoms with Gasteiger partial charge in [0.1, 0.15) is 11.5 Å². The normalized spacial score (nSPS) is 10.9. The van der Waals surface area contributed by atoms with Gasteiger partial charge in [0.25, 0.3) is 0 Å². The van der Waals surface area contributed by atoms with Crippen molar-refractivity contribution in [3.63, 3.8) is 0 Å². The van der Waals surface area contributed by atoms with Gasteiger partial charge >= 0.3 is 0 Å². The van der Waals surface area contributed by atoms with Gasteiger partial charge < -0.3 is 9.47 Å². The van der Waals surface area contributed by atoms with Crippen LogP contribution in [0.15, 0.2) is 133 Å². The number of methoxy groups -OCH3 is 2. The molecule has 0 fully saturated rings. The monoisotopic (exact) mass is 600 g/mol.